The first-order chi connectivity index (χ1) is 14.2. The normalized spacial score (nSPS) is 14.3. The maximum Gasteiger partial charge on any atom is 0.191 e. The topological polar surface area (TPSA) is 75.1 Å². The van der Waals surface area contributed by atoms with E-state index in [0.29, 0.717) is 55.2 Å². The number of guanidine groups is 1. The third-order valence-electron chi connectivity index (χ3n) is 4.52. The summed E-state index contributed by atoms with van der Waals surface area (Å²) in [6, 6.07) is 13.4. The second-order valence-corrected chi connectivity index (χ2v) is 7.20. The molecule has 0 amide bonds. The van der Waals surface area contributed by atoms with Crippen molar-refractivity contribution in [2.75, 3.05) is 26.3 Å². The second kappa shape index (κ2) is 12.9. The van der Waals surface area contributed by atoms with Gasteiger partial charge in [0, 0.05) is 19.5 Å². The predicted molar refractivity (Wildman–Crippen MR) is 131 cm³/mol. The molecule has 1 aliphatic heterocycles. The van der Waals surface area contributed by atoms with E-state index in [2.05, 4.69) is 15.6 Å². The van der Waals surface area contributed by atoms with E-state index in [1.165, 1.54) is 0 Å². The SMILES string of the molecule is CCNC(=NCc1cc(Cl)c2c(c1)OCCCO2)NCCC(O)c1ccccc1.I. The molecule has 2 aromatic rings. The number of fused-ring (bicyclic) bond motifs is 1. The van der Waals surface area contributed by atoms with Gasteiger partial charge in [-0.3, -0.25) is 0 Å². The van der Waals surface area contributed by atoms with Crippen LogP contribution in [0.25, 0.3) is 0 Å². The first-order valence-electron chi connectivity index (χ1n) is 10.0. The van der Waals surface area contributed by atoms with Gasteiger partial charge in [-0.2, -0.15) is 0 Å². The van der Waals surface area contributed by atoms with Crippen molar-refractivity contribution in [1.29, 1.82) is 0 Å². The third-order valence-corrected chi connectivity index (χ3v) is 4.80. The van der Waals surface area contributed by atoms with Crippen LogP contribution in [0, 0.1) is 0 Å². The number of aliphatic hydroxyl groups is 1. The molecule has 0 spiro atoms. The summed E-state index contributed by atoms with van der Waals surface area (Å²) in [6.45, 7) is 5.03. The summed E-state index contributed by atoms with van der Waals surface area (Å²) < 4.78 is 11.4. The van der Waals surface area contributed by atoms with Crippen molar-refractivity contribution in [3.8, 4) is 11.5 Å². The van der Waals surface area contributed by atoms with E-state index < -0.39 is 6.10 Å². The van der Waals surface area contributed by atoms with Crippen molar-refractivity contribution in [2.24, 2.45) is 4.99 Å². The predicted octanol–water partition coefficient (Wildman–Crippen LogP) is 4.30. The molecule has 0 saturated heterocycles. The Morgan fingerprint density at radius 3 is 2.70 bits per heavy atom. The number of halogens is 2. The molecule has 1 unspecified atom stereocenters. The molecule has 0 saturated carbocycles. The largest absolute Gasteiger partial charge is 0.489 e. The Labute approximate surface area is 200 Å². The smallest absolute Gasteiger partial charge is 0.191 e. The zero-order chi connectivity index (χ0) is 20.5. The Morgan fingerprint density at radius 1 is 1.17 bits per heavy atom. The molecule has 1 heterocycles. The lowest BCUT2D eigenvalue weighted by molar-refractivity contribution is 0.168. The zero-order valence-electron chi connectivity index (χ0n) is 17.1. The van der Waals surface area contributed by atoms with E-state index in [-0.39, 0.29) is 24.0 Å². The first-order valence-corrected chi connectivity index (χ1v) is 10.4. The van der Waals surface area contributed by atoms with Crippen LogP contribution < -0.4 is 20.1 Å². The van der Waals surface area contributed by atoms with E-state index in [1.54, 1.807) is 0 Å². The highest BCUT2D eigenvalue weighted by Gasteiger charge is 2.15. The number of benzene rings is 2. The lowest BCUT2D eigenvalue weighted by atomic mass is 10.1. The molecule has 164 valence electrons. The minimum Gasteiger partial charge on any atom is -0.489 e. The van der Waals surface area contributed by atoms with E-state index in [4.69, 9.17) is 21.1 Å². The van der Waals surface area contributed by atoms with Gasteiger partial charge in [0.05, 0.1) is 30.9 Å². The van der Waals surface area contributed by atoms with Crippen LogP contribution in [0.5, 0.6) is 11.5 Å². The van der Waals surface area contributed by atoms with Gasteiger partial charge in [0.25, 0.3) is 0 Å². The molecule has 3 rings (SSSR count). The minimum absolute atomic E-state index is 0. The van der Waals surface area contributed by atoms with Crippen LogP contribution in [0.2, 0.25) is 5.02 Å². The average molecular weight is 546 g/mol. The Hall–Kier alpha value is -1.71. The number of hydrogen-bond donors (Lipinski definition) is 3. The molecule has 3 N–H and O–H groups in total. The molecule has 0 radical (unpaired) electrons. The molecule has 6 nitrogen and oxygen atoms in total. The zero-order valence-corrected chi connectivity index (χ0v) is 20.2. The number of aliphatic hydroxyl groups excluding tert-OH is 1. The molecular formula is C22H29ClIN3O3. The molecular weight excluding hydrogens is 517 g/mol. The van der Waals surface area contributed by atoms with Crippen molar-refractivity contribution in [3.05, 3.63) is 58.6 Å². The van der Waals surface area contributed by atoms with Crippen LogP contribution in [-0.2, 0) is 6.54 Å². The van der Waals surface area contributed by atoms with Crippen LogP contribution in [0.3, 0.4) is 0 Å². The monoisotopic (exact) mass is 545 g/mol. The molecule has 0 aromatic heterocycles. The van der Waals surface area contributed by atoms with Crippen LogP contribution in [0.1, 0.15) is 37.0 Å². The summed E-state index contributed by atoms with van der Waals surface area (Å²) in [4.78, 5) is 4.62. The van der Waals surface area contributed by atoms with Crippen molar-refractivity contribution < 1.29 is 14.6 Å². The molecule has 1 atom stereocenters. The fourth-order valence-corrected chi connectivity index (χ4v) is 3.34. The Balaban J connectivity index is 0.00000320. The lowest BCUT2D eigenvalue weighted by Crippen LogP contribution is -2.38. The molecule has 1 aliphatic rings. The van der Waals surface area contributed by atoms with Crippen molar-refractivity contribution >= 4 is 41.5 Å². The Morgan fingerprint density at radius 2 is 1.93 bits per heavy atom. The number of nitrogens with one attached hydrogen (secondary N) is 2. The summed E-state index contributed by atoms with van der Waals surface area (Å²) in [7, 11) is 0. The van der Waals surface area contributed by atoms with E-state index in [0.717, 1.165) is 24.1 Å². The summed E-state index contributed by atoms with van der Waals surface area (Å²) in [5.74, 6) is 1.97. The summed E-state index contributed by atoms with van der Waals surface area (Å²) in [6.07, 6.45) is 0.915. The van der Waals surface area contributed by atoms with Gasteiger partial charge in [-0.25, -0.2) is 4.99 Å². The molecule has 2 aromatic carbocycles. The third kappa shape index (κ3) is 7.21. The van der Waals surface area contributed by atoms with Crippen LogP contribution >= 0.6 is 35.6 Å². The van der Waals surface area contributed by atoms with Crippen LogP contribution in [0.15, 0.2) is 47.5 Å². The molecule has 30 heavy (non-hydrogen) atoms. The highest BCUT2D eigenvalue weighted by atomic mass is 127. The fourth-order valence-electron chi connectivity index (χ4n) is 3.06. The van der Waals surface area contributed by atoms with Gasteiger partial charge >= 0.3 is 0 Å². The lowest BCUT2D eigenvalue weighted by Gasteiger charge is -2.15. The van der Waals surface area contributed by atoms with Crippen LogP contribution in [-0.4, -0.2) is 37.4 Å². The van der Waals surface area contributed by atoms with Crippen LogP contribution in [0.4, 0.5) is 0 Å². The summed E-state index contributed by atoms with van der Waals surface area (Å²) >= 11 is 6.36. The minimum atomic E-state index is -0.507. The van der Waals surface area contributed by atoms with Gasteiger partial charge in [0.15, 0.2) is 17.5 Å². The van der Waals surface area contributed by atoms with Crippen molar-refractivity contribution in [1.82, 2.24) is 10.6 Å². The average Bonchev–Trinajstić information content (AvgIpc) is 2.98. The number of rotatable bonds is 7. The maximum absolute atomic E-state index is 10.3. The van der Waals surface area contributed by atoms with Gasteiger partial charge in [0.1, 0.15) is 0 Å². The summed E-state index contributed by atoms with van der Waals surface area (Å²) in [5.41, 5.74) is 1.86. The van der Waals surface area contributed by atoms with E-state index >= 15 is 0 Å². The van der Waals surface area contributed by atoms with Gasteiger partial charge in [-0.05, 0) is 36.6 Å². The second-order valence-electron chi connectivity index (χ2n) is 6.79. The quantitative estimate of drug-likeness (QED) is 0.275. The Bertz CT molecular complexity index is 821. The molecule has 0 aliphatic carbocycles. The number of ether oxygens (including phenoxy) is 2. The maximum atomic E-state index is 10.3. The van der Waals surface area contributed by atoms with Crippen molar-refractivity contribution in [3.63, 3.8) is 0 Å². The summed E-state index contributed by atoms with van der Waals surface area (Å²) in [5, 5.41) is 17.3. The highest BCUT2D eigenvalue weighted by Crippen LogP contribution is 2.38. The van der Waals surface area contributed by atoms with Gasteiger partial charge in [-0.15, -0.1) is 24.0 Å². The van der Waals surface area contributed by atoms with Gasteiger partial charge < -0.3 is 25.2 Å². The van der Waals surface area contributed by atoms with Gasteiger partial charge in [0.2, 0.25) is 0 Å². The number of nitrogens with zero attached hydrogens (tertiary/aromatic N) is 1. The molecule has 0 fully saturated rings. The highest BCUT2D eigenvalue weighted by molar-refractivity contribution is 14.0. The number of hydrogen-bond acceptors (Lipinski definition) is 4. The fraction of sp³-hybridized carbons (Fsp3) is 0.409. The van der Waals surface area contributed by atoms with E-state index in [1.807, 2.05) is 49.4 Å². The molecule has 8 heteroatoms. The van der Waals surface area contributed by atoms with Gasteiger partial charge in [-0.1, -0.05) is 41.9 Å². The molecule has 0 bridgehead atoms. The number of aliphatic imine (C=N–C) groups is 1. The van der Waals surface area contributed by atoms with E-state index in [9.17, 15) is 5.11 Å². The standard InChI is InChI=1S/C22H28ClN3O3.HI/c1-2-24-22(25-10-9-19(27)17-7-4-3-5-8-17)26-15-16-13-18(23)21-20(14-16)28-11-6-12-29-21;/h3-5,7-8,13-14,19,27H,2,6,9-12,15H2,1H3,(H2,24,25,26);1H. The first kappa shape index (κ1) is 24.6. The van der Waals surface area contributed by atoms with Crippen molar-refractivity contribution in [2.45, 2.75) is 32.4 Å². The Kier molecular flexibility index (Phi) is 10.5.